The minimum atomic E-state index is -0.290. The van der Waals surface area contributed by atoms with E-state index in [2.05, 4.69) is 18.7 Å². The first-order valence-electron chi connectivity index (χ1n) is 9.83. The van der Waals surface area contributed by atoms with Gasteiger partial charge in [0.2, 0.25) is 0 Å². The topological polar surface area (TPSA) is 55.6 Å². The highest BCUT2D eigenvalue weighted by atomic mass is 35.5. The van der Waals surface area contributed by atoms with Gasteiger partial charge in [0.1, 0.15) is 0 Å². The Morgan fingerprint density at radius 3 is 2.30 bits per heavy atom. The number of benzene rings is 2. The molecule has 0 radical (unpaired) electrons. The van der Waals surface area contributed by atoms with Crippen molar-refractivity contribution in [3.8, 4) is 0 Å². The number of hydrogen-bond donors (Lipinski definition) is 1. The van der Waals surface area contributed by atoms with Crippen LogP contribution in [0.2, 0.25) is 0 Å². The molecule has 2 aromatic carbocycles. The number of fused-ring (bicyclic) bond motifs is 1. The zero-order chi connectivity index (χ0) is 18.8. The summed E-state index contributed by atoms with van der Waals surface area (Å²) in [6.45, 7) is 8.11. The van der Waals surface area contributed by atoms with Gasteiger partial charge in [0.25, 0.3) is 0 Å². The summed E-state index contributed by atoms with van der Waals surface area (Å²) in [5, 5.41) is 1.85. The molecule has 0 aliphatic heterocycles. The average Bonchev–Trinajstić information content (AvgIpc) is 2.65. The number of anilines is 1. The van der Waals surface area contributed by atoms with Gasteiger partial charge in [-0.2, -0.15) is 0 Å². The number of unbranched alkanes of at least 4 members (excludes halogenated alkanes) is 2. The molecule has 0 unspecified atom stereocenters. The van der Waals surface area contributed by atoms with Crippen LogP contribution in [0.1, 0.15) is 56.3 Å². The number of carbonyl (C=O) groups is 1. The second kappa shape index (κ2) is 12.6. The van der Waals surface area contributed by atoms with E-state index in [1.54, 1.807) is 6.07 Å². The van der Waals surface area contributed by atoms with Crippen LogP contribution in [0.3, 0.4) is 0 Å². The molecule has 0 spiro atoms. The molecule has 0 saturated heterocycles. The number of ether oxygens (including phenoxy) is 1. The molecular formula is C22H33ClN2O2. The summed E-state index contributed by atoms with van der Waals surface area (Å²) >= 11 is 0. The van der Waals surface area contributed by atoms with Gasteiger partial charge >= 0.3 is 5.97 Å². The molecule has 0 fully saturated rings. The van der Waals surface area contributed by atoms with E-state index in [1.807, 2.05) is 30.3 Å². The van der Waals surface area contributed by atoms with Gasteiger partial charge in [0.15, 0.2) is 0 Å². The zero-order valence-corrected chi connectivity index (χ0v) is 17.4. The Labute approximate surface area is 169 Å². The molecule has 0 atom stereocenters. The van der Waals surface area contributed by atoms with E-state index in [0.717, 1.165) is 36.8 Å². The van der Waals surface area contributed by atoms with Crippen molar-refractivity contribution in [2.75, 3.05) is 32.0 Å². The number of esters is 1. The van der Waals surface area contributed by atoms with E-state index in [9.17, 15) is 4.79 Å². The summed E-state index contributed by atoms with van der Waals surface area (Å²) in [7, 11) is 0. The number of nitrogens with zero attached hydrogens (tertiary/aromatic N) is 1. The molecule has 2 aromatic rings. The molecular weight excluding hydrogens is 360 g/mol. The third-order valence-electron chi connectivity index (χ3n) is 4.61. The first-order valence-corrected chi connectivity index (χ1v) is 9.83. The molecule has 0 amide bonds. The van der Waals surface area contributed by atoms with E-state index >= 15 is 0 Å². The van der Waals surface area contributed by atoms with Gasteiger partial charge in [-0.25, -0.2) is 4.79 Å². The maximum absolute atomic E-state index is 12.5. The van der Waals surface area contributed by atoms with E-state index in [-0.39, 0.29) is 18.4 Å². The molecule has 0 saturated carbocycles. The molecule has 150 valence electrons. The standard InChI is InChI=1S/C22H32N2O2.ClH/c1-3-5-12-24(13-6-4-2)14-9-15-26-22(25)21-17-19(23)16-18-10-7-8-11-20(18)21;/h7-8,10-11,16-17H,3-6,9,12-15,23H2,1-2H3;1H. The summed E-state index contributed by atoms with van der Waals surface area (Å²) in [4.78, 5) is 15.0. The monoisotopic (exact) mass is 392 g/mol. The molecule has 27 heavy (non-hydrogen) atoms. The summed E-state index contributed by atoms with van der Waals surface area (Å²) in [6, 6.07) is 11.3. The Balaban J connectivity index is 0.00000364. The van der Waals surface area contributed by atoms with E-state index in [1.165, 1.54) is 25.7 Å². The van der Waals surface area contributed by atoms with Crippen LogP contribution in [-0.2, 0) is 4.74 Å². The van der Waals surface area contributed by atoms with Crippen molar-refractivity contribution < 1.29 is 9.53 Å². The summed E-state index contributed by atoms with van der Waals surface area (Å²) in [5.41, 5.74) is 7.07. The van der Waals surface area contributed by atoms with Gasteiger partial charge < -0.3 is 15.4 Å². The maximum atomic E-state index is 12.5. The number of hydrogen-bond acceptors (Lipinski definition) is 4. The molecule has 2 N–H and O–H groups in total. The fourth-order valence-corrected chi connectivity index (χ4v) is 3.13. The van der Waals surface area contributed by atoms with Crippen molar-refractivity contribution in [1.29, 1.82) is 0 Å². The average molecular weight is 393 g/mol. The fourth-order valence-electron chi connectivity index (χ4n) is 3.13. The quantitative estimate of drug-likeness (QED) is 0.320. The van der Waals surface area contributed by atoms with Crippen molar-refractivity contribution in [1.82, 2.24) is 4.90 Å². The molecule has 0 heterocycles. The van der Waals surface area contributed by atoms with Gasteiger partial charge in [-0.3, -0.25) is 0 Å². The van der Waals surface area contributed by atoms with Crippen LogP contribution in [0.4, 0.5) is 5.69 Å². The highest BCUT2D eigenvalue weighted by Crippen LogP contribution is 2.23. The fraction of sp³-hybridized carbons (Fsp3) is 0.500. The smallest absolute Gasteiger partial charge is 0.338 e. The zero-order valence-electron chi connectivity index (χ0n) is 16.6. The number of nitrogens with two attached hydrogens (primary N) is 1. The number of nitrogen functional groups attached to an aromatic ring is 1. The summed E-state index contributed by atoms with van der Waals surface area (Å²) < 4.78 is 5.53. The molecule has 0 bridgehead atoms. The van der Waals surface area contributed by atoms with Crippen LogP contribution in [0.25, 0.3) is 10.8 Å². The summed E-state index contributed by atoms with van der Waals surface area (Å²) in [6.07, 6.45) is 5.72. The lowest BCUT2D eigenvalue weighted by molar-refractivity contribution is 0.0490. The molecule has 2 rings (SSSR count). The third-order valence-corrected chi connectivity index (χ3v) is 4.61. The van der Waals surface area contributed by atoms with Gasteiger partial charge in [-0.15, -0.1) is 12.4 Å². The molecule has 4 nitrogen and oxygen atoms in total. The SMILES string of the molecule is CCCCN(CCCC)CCCOC(=O)c1cc(N)cc2ccccc12.Cl. The normalized spacial score (nSPS) is 10.8. The second-order valence-electron chi connectivity index (χ2n) is 6.83. The first kappa shape index (κ1) is 23.3. The molecule has 5 heteroatoms. The van der Waals surface area contributed by atoms with Gasteiger partial charge in [-0.05, 0) is 55.3 Å². The predicted octanol–water partition coefficient (Wildman–Crippen LogP) is 5.29. The largest absolute Gasteiger partial charge is 0.462 e. The molecule has 0 aromatic heterocycles. The lowest BCUT2D eigenvalue weighted by Crippen LogP contribution is -2.28. The van der Waals surface area contributed by atoms with Crippen molar-refractivity contribution in [2.45, 2.75) is 46.0 Å². The summed E-state index contributed by atoms with van der Waals surface area (Å²) in [5.74, 6) is -0.290. The van der Waals surface area contributed by atoms with Gasteiger partial charge in [0, 0.05) is 12.2 Å². The van der Waals surface area contributed by atoms with Crippen LogP contribution < -0.4 is 5.73 Å². The predicted molar refractivity (Wildman–Crippen MR) is 117 cm³/mol. The van der Waals surface area contributed by atoms with Crippen LogP contribution >= 0.6 is 12.4 Å². The van der Waals surface area contributed by atoms with Crippen molar-refractivity contribution in [3.63, 3.8) is 0 Å². The number of halogens is 1. The van der Waals surface area contributed by atoms with E-state index < -0.39 is 0 Å². The van der Waals surface area contributed by atoms with Crippen LogP contribution in [-0.4, -0.2) is 37.1 Å². The van der Waals surface area contributed by atoms with Crippen LogP contribution in [0.15, 0.2) is 36.4 Å². The van der Waals surface area contributed by atoms with Crippen LogP contribution in [0, 0.1) is 0 Å². The number of rotatable bonds is 11. The van der Waals surface area contributed by atoms with Gasteiger partial charge in [0.05, 0.1) is 12.2 Å². The van der Waals surface area contributed by atoms with Crippen molar-refractivity contribution >= 4 is 34.8 Å². The minimum absolute atomic E-state index is 0. The van der Waals surface area contributed by atoms with E-state index in [0.29, 0.717) is 17.9 Å². The minimum Gasteiger partial charge on any atom is -0.462 e. The van der Waals surface area contributed by atoms with Crippen molar-refractivity contribution in [3.05, 3.63) is 42.0 Å². The first-order chi connectivity index (χ1) is 12.7. The lowest BCUT2D eigenvalue weighted by atomic mass is 10.0. The Morgan fingerprint density at radius 1 is 1.00 bits per heavy atom. The lowest BCUT2D eigenvalue weighted by Gasteiger charge is -2.21. The highest BCUT2D eigenvalue weighted by Gasteiger charge is 2.13. The maximum Gasteiger partial charge on any atom is 0.338 e. The molecule has 0 aliphatic rings. The number of carbonyl (C=O) groups excluding carboxylic acids is 1. The molecule has 0 aliphatic carbocycles. The van der Waals surface area contributed by atoms with E-state index in [4.69, 9.17) is 10.5 Å². The Bertz CT molecular complexity index is 698. The van der Waals surface area contributed by atoms with Gasteiger partial charge in [-0.1, -0.05) is 51.0 Å². The Kier molecular flexibility index (Phi) is 10.8. The second-order valence-corrected chi connectivity index (χ2v) is 6.83. The Morgan fingerprint density at radius 2 is 1.63 bits per heavy atom. The highest BCUT2D eigenvalue weighted by molar-refractivity contribution is 6.05. The van der Waals surface area contributed by atoms with Crippen molar-refractivity contribution in [2.24, 2.45) is 0 Å². The Hall–Kier alpha value is -1.78. The third kappa shape index (κ3) is 7.39. The van der Waals surface area contributed by atoms with Crippen LogP contribution in [0.5, 0.6) is 0 Å².